The van der Waals surface area contributed by atoms with Gasteiger partial charge >= 0.3 is 5.69 Å². The number of benzene rings is 1. The number of nitrogens with one attached hydrogen (secondary N) is 2. The molecule has 0 saturated heterocycles. The maximum Gasteiger partial charge on any atom is 0.353 e. The van der Waals surface area contributed by atoms with Crippen molar-refractivity contribution in [3.05, 3.63) is 45.8 Å². The number of nitro groups is 1. The van der Waals surface area contributed by atoms with Gasteiger partial charge < -0.3 is 10.6 Å². The Labute approximate surface area is 116 Å². The van der Waals surface area contributed by atoms with Gasteiger partial charge in [-0.25, -0.2) is 9.97 Å². The molecule has 20 heavy (non-hydrogen) atoms. The van der Waals surface area contributed by atoms with Gasteiger partial charge in [-0.15, -0.1) is 0 Å². The van der Waals surface area contributed by atoms with Gasteiger partial charge in [0.15, 0.2) is 0 Å². The first-order valence-electron chi connectivity index (χ1n) is 6.04. The Morgan fingerprint density at radius 2 is 1.85 bits per heavy atom. The van der Waals surface area contributed by atoms with Gasteiger partial charge in [-0.05, 0) is 37.1 Å². The zero-order valence-electron chi connectivity index (χ0n) is 11.5. The molecule has 1 heterocycles. The number of aromatic nitrogens is 2. The molecular weight excluding hydrogens is 258 g/mol. The summed E-state index contributed by atoms with van der Waals surface area (Å²) in [5.41, 5.74) is 2.83. The van der Waals surface area contributed by atoms with Crippen LogP contribution in [0.15, 0.2) is 24.5 Å². The summed E-state index contributed by atoms with van der Waals surface area (Å²) in [4.78, 5) is 18.5. The Kier molecular flexibility index (Phi) is 3.79. The lowest BCUT2D eigenvalue weighted by atomic mass is 10.1. The van der Waals surface area contributed by atoms with E-state index in [2.05, 4.69) is 20.6 Å². The van der Waals surface area contributed by atoms with E-state index in [4.69, 9.17) is 0 Å². The van der Waals surface area contributed by atoms with Crippen molar-refractivity contribution < 1.29 is 4.92 Å². The molecule has 7 nitrogen and oxygen atoms in total. The second-order valence-corrected chi connectivity index (χ2v) is 4.35. The van der Waals surface area contributed by atoms with Crippen molar-refractivity contribution in [2.24, 2.45) is 0 Å². The van der Waals surface area contributed by atoms with Crippen LogP contribution in [-0.2, 0) is 0 Å². The van der Waals surface area contributed by atoms with E-state index in [9.17, 15) is 10.1 Å². The molecule has 0 spiro atoms. The van der Waals surface area contributed by atoms with E-state index in [-0.39, 0.29) is 17.3 Å². The number of rotatable bonds is 4. The van der Waals surface area contributed by atoms with E-state index in [0.29, 0.717) is 0 Å². The van der Waals surface area contributed by atoms with E-state index in [1.54, 1.807) is 7.05 Å². The molecule has 0 unspecified atom stereocenters. The standard InChI is InChI=1S/C13H15N5O2/c1-8-4-5-10(6-9(8)2)17-13-11(18(19)20)12(14-3)15-7-16-13/h4-7H,1-3H3,(H2,14,15,16,17). The fourth-order valence-corrected chi connectivity index (χ4v) is 1.78. The van der Waals surface area contributed by atoms with Crippen LogP contribution in [0.4, 0.5) is 23.0 Å². The summed E-state index contributed by atoms with van der Waals surface area (Å²) in [5, 5.41) is 16.8. The van der Waals surface area contributed by atoms with Crippen LogP contribution in [0.1, 0.15) is 11.1 Å². The number of anilines is 3. The summed E-state index contributed by atoms with van der Waals surface area (Å²) in [7, 11) is 1.58. The predicted octanol–water partition coefficient (Wildman–Crippen LogP) is 2.79. The number of hydrogen-bond acceptors (Lipinski definition) is 6. The smallest absolute Gasteiger partial charge is 0.353 e. The van der Waals surface area contributed by atoms with Gasteiger partial charge in [-0.2, -0.15) is 0 Å². The largest absolute Gasteiger partial charge is 0.367 e. The molecule has 2 N–H and O–H groups in total. The van der Waals surface area contributed by atoms with Crippen molar-refractivity contribution in [1.29, 1.82) is 0 Å². The molecule has 0 radical (unpaired) electrons. The molecule has 2 aromatic rings. The third-order valence-corrected chi connectivity index (χ3v) is 3.01. The lowest BCUT2D eigenvalue weighted by Crippen LogP contribution is -2.05. The lowest BCUT2D eigenvalue weighted by molar-refractivity contribution is -0.383. The molecule has 0 fully saturated rings. The van der Waals surface area contributed by atoms with Crippen molar-refractivity contribution in [2.45, 2.75) is 13.8 Å². The predicted molar refractivity (Wildman–Crippen MR) is 77.4 cm³/mol. The van der Waals surface area contributed by atoms with E-state index in [0.717, 1.165) is 16.8 Å². The van der Waals surface area contributed by atoms with Crippen molar-refractivity contribution in [3.63, 3.8) is 0 Å². The summed E-state index contributed by atoms with van der Waals surface area (Å²) in [6, 6.07) is 5.72. The average molecular weight is 273 g/mol. The fourth-order valence-electron chi connectivity index (χ4n) is 1.78. The van der Waals surface area contributed by atoms with Gasteiger partial charge in [0.1, 0.15) is 6.33 Å². The Hall–Kier alpha value is -2.70. The first kappa shape index (κ1) is 13.7. The molecule has 0 aliphatic rings. The van der Waals surface area contributed by atoms with Crippen LogP contribution in [0.25, 0.3) is 0 Å². The van der Waals surface area contributed by atoms with Crippen LogP contribution < -0.4 is 10.6 Å². The summed E-state index contributed by atoms with van der Waals surface area (Å²) in [6.45, 7) is 3.99. The van der Waals surface area contributed by atoms with Gasteiger partial charge in [-0.3, -0.25) is 10.1 Å². The first-order valence-corrected chi connectivity index (χ1v) is 6.04. The highest BCUT2D eigenvalue weighted by molar-refractivity contribution is 5.73. The van der Waals surface area contributed by atoms with Gasteiger partial charge in [-0.1, -0.05) is 6.07 Å². The molecule has 1 aromatic carbocycles. The average Bonchev–Trinajstić information content (AvgIpc) is 2.42. The summed E-state index contributed by atoms with van der Waals surface area (Å²) in [5.74, 6) is 0.342. The molecule has 0 aliphatic carbocycles. The molecule has 104 valence electrons. The Morgan fingerprint density at radius 3 is 2.45 bits per heavy atom. The Morgan fingerprint density at radius 1 is 1.15 bits per heavy atom. The molecule has 0 bridgehead atoms. The zero-order valence-corrected chi connectivity index (χ0v) is 11.5. The highest BCUT2D eigenvalue weighted by Gasteiger charge is 2.22. The van der Waals surface area contributed by atoms with Crippen molar-refractivity contribution in [3.8, 4) is 0 Å². The SMILES string of the molecule is CNc1ncnc(Nc2ccc(C)c(C)c2)c1[N+](=O)[O-]. The van der Waals surface area contributed by atoms with Gasteiger partial charge in [0, 0.05) is 12.7 Å². The van der Waals surface area contributed by atoms with Gasteiger partial charge in [0.05, 0.1) is 4.92 Å². The first-order chi connectivity index (χ1) is 9.52. The molecule has 0 saturated carbocycles. The van der Waals surface area contributed by atoms with Crippen LogP contribution >= 0.6 is 0 Å². The molecule has 0 atom stereocenters. The van der Waals surface area contributed by atoms with Crippen LogP contribution in [0.3, 0.4) is 0 Å². The van der Waals surface area contributed by atoms with Gasteiger partial charge in [0.2, 0.25) is 11.6 Å². The third kappa shape index (κ3) is 2.66. The molecule has 7 heteroatoms. The number of hydrogen-bond donors (Lipinski definition) is 2. The second-order valence-electron chi connectivity index (χ2n) is 4.35. The number of aryl methyl sites for hydroxylation is 2. The summed E-state index contributed by atoms with van der Waals surface area (Å²) in [6.07, 6.45) is 1.28. The van der Waals surface area contributed by atoms with Crippen molar-refractivity contribution in [2.75, 3.05) is 17.7 Å². The highest BCUT2D eigenvalue weighted by atomic mass is 16.6. The third-order valence-electron chi connectivity index (χ3n) is 3.01. The quantitative estimate of drug-likeness (QED) is 0.657. The minimum Gasteiger partial charge on any atom is -0.367 e. The molecular formula is C13H15N5O2. The van der Waals surface area contributed by atoms with Crippen LogP contribution in [0.5, 0.6) is 0 Å². The van der Waals surface area contributed by atoms with Gasteiger partial charge in [0.25, 0.3) is 0 Å². The minimum absolute atomic E-state index is 0.164. The molecule has 0 aliphatic heterocycles. The second kappa shape index (κ2) is 5.52. The van der Waals surface area contributed by atoms with E-state index in [1.807, 2.05) is 32.0 Å². The molecule has 2 rings (SSSR count). The lowest BCUT2D eigenvalue weighted by Gasteiger charge is -2.09. The van der Waals surface area contributed by atoms with Crippen molar-refractivity contribution in [1.82, 2.24) is 9.97 Å². The van der Waals surface area contributed by atoms with Crippen molar-refractivity contribution >= 4 is 23.0 Å². The van der Waals surface area contributed by atoms with Crippen LogP contribution in [0.2, 0.25) is 0 Å². The van der Waals surface area contributed by atoms with E-state index in [1.165, 1.54) is 6.33 Å². The number of nitrogens with zero attached hydrogens (tertiary/aromatic N) is 3. The van der Waals surface area contributed by atoms with Crippen LogP contribution in [-0.4, -0.2) is 21.9 Å². The maximum atomic E-state index is 11.2. The van der Waals surface area contributed by atoms with Crippen LogP contribution in [0, 0.1) is 24.0 Å². The normalized spacial score (nSPS) is 10.2. The Balaban J connectivity index is 2.42. The monoisotopic (exact) mass is 273 g/mol. The summed E-state index contributed by atoms with van der Waals surface area (Å²) >= 11 is 0. The zero-order chi connectivity index (χ0) is 14.7. The molecule has 0 amide bonds. The molecule has 1 aromatic heterocycles. The minimum atomic E-state index is -0.505. The highest BCUT2D eigenvalue weighted by Crippen LogP contribution is 2.31. The summed E-state index contributed by atoms with van der Waals surface area (Å²) < 4.78 is 0. The Bertz CT molecular complexity index is 657. The topological polar surface area (TPSA) is 93.0 Å². The maximum absolute atomic E-state index is 11.2. The van der Waals surface area contributed by atoms with E-state index < -0.39 is 4.92 Å². The van der Waals surface area contributed by atoms with E-state index >= 15 is 0 Å². The fraction of sp³-hybridized carbons (Fsp3) is 0.231.